The molecule has 1 fully saturated rings. The second kappa shape index (κ2) is 5.85. The third-order valence-electron chi connectivity index (χ3n) is 2.89. The number of hydrogen-bond acceptors (Lipinski definition) is 4. The van der Waals surface area contributed by atoms with Gasteiger partial charge in [-0.1, -0.05) is 23.2 Å². The lowest BCUT2D eigenvalue weighted by Crippen LogP contribution is -2.30. The van der Waals surface area contributed by atoms with Crippen molar-refractivity contribution in [3.05, 3.63) is 22.2 Å². The van der Waals surface area contributed by atoms with Crippen LogP contribution < -0.4 is 10.5 Å². The maximum Gasteiger partial charge on any atom is 0.244 e. The molecule has 8 heteroatoms. The monoisotopic (exact) mass is 324 g/mol. The smallest absolute Gasteiger partial charge is 0.244 e. The minimum atomic E-state index is -3.75. The van der Waals surface area contributed by atoms with Gasteiger partial charge in [0.05, 0.1) is 17.3 Å². The first-order valence-corrected chi connectivity index (χ1v) is 7.96. The van der Waals surface area contributed by atoms with Gasteiger partial charge in [-0.25, -0.2) is 13.1 Å². The summed E-state index contributed by atoms with van der Waals surface area (Å²) in [6.45, 7) is 1.53. The van der Waals surface area contributed by atoms with Gasteiger partial charge in [0.1, 0.15) is 4.90 Å². The molecule has 1 heterocycles. The highest BCUT2D eigenvalue weighted by molar-refractivity contribution is 7.89. The number of ether oxygens (including phenoxy) is 1. The summed E-state index contributed by atoms with van der Waals surface area (Å²) in [5.41, 5.74) is 5.71. The van der Waals surface area contributed by atoms with E-state index in [0.717, 1.165) is 6.42 Å². The standard InChI is InChI=1S/C11H14Cl2N2O3S/c12-8-3-9(13)11(10(14)4-8)19(16,17)15-5-7-1-2-18-6-7/h3-4,7,15H,1-2,5-6,14H2. The summed E-state index contributed by atoms with van der Waals surface area (Å²) in [7, 11) is -3.75. The SMILES string of the molecule is Nc1cc(Cl)cc(Cl)c1S(=O)(=O)NCC1CCOC1. The third-order valence-corrected chi connectivity index (χ3v) is 5.06. The average molecular weight is 325 g/mol. The summed E-state index contributed by atoms with van der Waals surface area (Å²) in [5.74, 6) is 0.182. The molecular formula is C11H14Cl2N2O3S. The predicted octanol–water partition coefficient (Wildman–Crippen LogP) is 1.89. The molecule has 106 valence electrons. The minimum absolute atomic E-state index is 0.0140. The number of rotatable bonds is 4. The molecule has 1 aromatic carbocycles. The van der Waals surface area contributed by atoms with Crippen molar-refractivity contribution in [2.24, 2.45) is 5.92 Å². The Bertz CT molecular complexity index is 548. The van der Waals surface area contributed by atoms with Crippen LogP contribution in [0.15, 0.2) is 17.0 Å². The molecule has 0 spiro atoms. The van der Waals surface area contributed by atoms with E-state index in [4.69, 9.17) is 33.7 Å². The normalized spacial score (nSPS) is 19.8. The van der Waals surface area contributed by atoms with Gasteiger partial charge in [-0.05, 0) is 24.5 Å². The van der Waals surface area contributed by atoms with E-state index in [1.54, 1.807) is 0 Å². The average Bonchev–Trinajstić information content (AvgIpc) is 2.77. The first kappa shape index (κ1) is 14.9. The summed E-state index contributed by atoms with van der Waals surface area (Å²) in [4.78, 5) is -0.127. The fraction of sp³-hybridized carbons (Fsp3) is 0.455. The zero-order chi connectivity index (χ0) is 14.0. The molecule has 3 N–H and O–H groups in total. The van der Waals surface area contributed by atoms with E-state index < -0.39 is 10.0 Å². The first-order chi connectivity index (χ1) is 8.90. The van der Waals surface area contributed by atoms with Gasteiger partial charge in [-0.3, -0.25) is 0 Å². The number of sulfonamides is 1. The summed E-state index contributed by atoms with van der Waals surface area (Å²) < 4.78 is 32.1. The first-order valence-electron chi connectivity index (χ1n) is 5.72. The second-order valence-electron chi connectivity index (χ2n) is 4.39. The Morgan fingerprint density at radius 1 is 1.42 bits per heavy atom. The van der Waals surface area contributed by atoms with E-state index in [1.807, 2.05) is 0 Å². The van der Waals surface area contributed by atoms with Crippen LogP contribution in [0.5, 0.6) is 0 Å². The molecule has 1 unspecified atom stereocenters. The number of nitrogens with two attached hydrogens (primary N) is 1. The highest BCUT2D eigenvalue weighted by Crippen LogP contribution is 2.31. The summed E-state index contributed by atoms with van der Waals surface area (Å²) >= 11 is 11.7. The lowest BCUT2D eigenvalue weighted by Gasteiger charge is -2.13. The molecule has 0 amide bonds. The maximum absolute atomic E-state index is 12.2. The molecule has 2 rings (SSSR count). The largest absolute Gasteiger partial charge is 0.398 e. The van der Waals surface area contributed by atoms with E-state index in [2.05, 4.69) is 4.72 Å². The molecule has 0 radical (unpaired) electrons. The Morgan fingerprint density at radius 3 is 2.74 bits per heavy atom. The lowest BCUT2D eigenvalue weighted by atomic mass is 10.1. The molecule has 0 aliphatic carbocycles. The number of nitrogens with one attached hydrogen (secondary N) is 1. The van der Waals surface area contributed by atoms with Gasteiger partial charge in [-0.15, -0.1) is 0 Å². The van der Waals surface area contributed by atoms with E-state index in [1.165, 1.54) is 12.1 Å². The van der Waals surface area contributed by atoms with Crippen molar-refractivity contribution < 1.29 is 13.2 Å². The Hall–Kier alpha value is -0.530. The van der Waals surface area contributed by atoms with Crippen LogP contribution in [-0.2, 0) is 14.8 Å². The Balaban J connectivity index is 2.19. The summed E-state index contributed by atoms with van der Waals surface area (Å²) in [5, 5.41) is 0.311. The lowest BCUT2D eigenvalue weighted by molar-refractivity contribution is 0.186. The predicted molar refractivity (Wildman–Crippen MR) is 75.0 cm³/mol. The van der Waals surface area contributed by atoms with Crippen molar-refractivity contribution in [3.63, 3.8) is 0 Å². The fourth-order valence-electron chi connectivity index (χ4n) is 1.91. The van der Waals surface area contributed by atoms with Crippen LogP contribution in [0.2, 0.25) is 10.0 Å². The van der Waals surface area contributed by atoms with Crippen molar-refractivity contribution in [2.75, 3.05) is 25.5 Å². The maximum atomic E-state index is 12.2. The fourth-order valence-corrected chi connectivity index (χ4v) is 4.01. The minimum Gasteiger partial charge on any atom is -0.398 e. The second-order valence-corrected chi connectivity index (χ2v) is 6.93. The molecule has 1 saturated heterocycles. The van der Waals surface area contributed by atoms with E-state index in [9.17, 15) is 8.42 Å². The molecule has 1 aliphatic heterocycles. The summed E-state index contributed by atoms with van der Waals surface area (Å²) in [6, 6.07) is 2.72. The van der Waals surface area contributed by atoms with E-state index in [-0.39, 0.29) is 21.5 Å². The van der Waals surface area contributed by atoms with Gasteiger partial charge in [-0.2, -0.15) is 0 Å². The van der Waals surface area contributed by atoms with Gasteiger partial charge < -0.3 is 10.5 Å². The van der Waals surface area contributed by atoms with Gasteiger partial charge in [0, 0.05) is 18.2 Å². The highest BCUT2D eigenvalue weighted by Gasteiger charge is 2.24. The Labute approximate surface area is 122 Å². The van der Waals surface area contributed by atoms with Gasteiger partial charge in [0.15, 0.2) is 0 Å². The quantitative estimate of drug-likeness (QED) is 0.829. The number of hydrogen-bond donors (Lipinski definition) is 2. The number of anilines is 1. The van der Waals surface area contributed by atoms with E-state index in [0.29, 0.717) is 24.8 Å². The van der Waals surface area contributed by atoms with Crippen molar-refractivity contribution in [2.45, 2.75) is 11.3 Å². The highest BCUT2D eigenvalue weighted by atomic mass is 35.5. The van der Waals surface area contributed by atoms with Crippen molar-refractivity contribution >= 4 is 38.9 Å². The van der Waals surface area contributed by atoms with Crippen molar-refractivity contribution in [1.29, 1.82) is 0 Å². The van der Waals surface area contributed by atoms with Crippen molar-refractivity contribution in [3.8, 4) is 0 Å². The number of nitrogen functional groups attached to an aromatic ring is 1. The van der Waals surface area contributed by atoms with Crippen LogP contribution in [0.3, 0.4) is 0 Å². The molecule has 5 nitrogen and oxygen atoms in total. The Kier molecular flexibility index (Phi) is 4.58. The molecule has 19 heavy (non-hydrogen) atoms. The van der Waals surface area contributed by atoms with Gasteiger partial charge in [0.25, 0.3) is 0 Å². The van der Waals surface area contributed by atoms with Crippen LogP contribution in [0, 0.1) is 5.92 Å². The molecular weight excluding hydrogens is 311 g/mol. The molecule has 0 aromatic heterocycles. The van der Waals surface area contributed by atoms with E-state index >= 15 is 0 Å². The van der Waals surface area contributed by atoms with Crippen LogP contribution >= 0.6 is 23.2 Å². The Morgan fingerprint density at radius 2 is 2.16 bits per heavy atom. The molecule has 0 saturated carbocycles. The number of benzene rings is 1. The van der Waals surface area contributed by atoms with Crippen LogP contribution in [0.4, 0.5) is 5.69 Å². The van der Waals surface area contributed by atoms with Gasteiger partial charge >= 0.3 is 0 Å². The van der Waals surface area contributed by atoms with Crippen LogP contribution in [0.1, 0.15) is 6.42 Å². The third kappa shape index (κ3) is 3.52. The van der Waals surface area contributed by atoms with Crippen molar-refractivity contribution in [1.82, 2.24) is 4.72 Å². The van der Waals surface area contributed by atoms with Gasteiger partial charge in [0.2, 0.25) is 10.0 Å². The summed E-state index contributed by atoms with van der Waals surface area (Å²) in [6.07, 6.45) is 0.840. The topological polar surface area (TPSA) is 81.4 Å². The molecule has 0 bridgehead atoms. The molecule has 1 aliphatic rings. The molecule has 1 aromatic rings. The number of halogens is 2. The molecule has 1 atom stereocenters. The van der Waals surface area contributed by atoms with Crippen LogP contribution in [0.25, 0.3) is 0 Å². The zero-order valence-electron chi connectivity index (χ0n) is 10.0. The zero-order valence-corrected chi connectivity index (χ0v) is 12.4. The van der Waals surface area contributed by atoms with Crippen LogP contribution in [-0.4, -0.2) is 28.2 Å².